The Hall–Kier alpha value is -1.73. The fourth-order valence-electron chi connectivity index (χ4n) is 3.17. The lowest BCUT2D eigenvalue weighted by molar-refractivity contribution is 0.242. The highest BCUT2D eigenvalue weighted by Gasteiger charge is 2.21. The first-order valence-electron chi connectivity index (χ1n) is 8.87. The Morgan fingerprint density at radius 3 is 2.58 bits per heavy atom. The summed E-state index contributed by atoms with van der Waals surface area (Å²) in [7, 11) is 4.27. The molecule has 132 valence electrons. The summed E-state index contributed by atoms with van der Waals surface area (Å²) in [5.74, 6) is 0.392. The van der Waals surface area contributed by atoms with E-state index in [4.69, 9.17) is 0 Å². The van der Waals surface area contributed by atoms with E-state index < -0.39 is 0 Å². The zero-order valence-electron chi connectivity index (χ0n) is 15.3. The second-order valence-corrected chi connectivity index (χ2v) is 7.19. The molecule has 1 aliphatic heterocycles. The maximum Gasteiger partial charge on any atom is 0.200 e. The van der Waals surface area contributed by atoms with E-state index in [0.717, 1.165) is 44.1 Å². The van der Waals surface area contributed by atoms with Gasteiger partial charge < -0.3 is 9.80 Å². The molecule has 0 bridgehead atoms. The van der Waals surface area contributed by atoms with Crippen LogP contribution in [0.15, 0.2) is 12.4 Å². The molecule has 0 saturated carbocycles. The molecule has 0 radical (unpaired) electrons. The van der Waals surface area contributed by atoms with Crippen LogP contribution in [0.4, 0.5) is 5.69 Å². The third kappa shape index (κ3) is 3.84. The molecule has 7 nitrogen and oxygen atoms in total. The Morgan fingerprint density at radius 1 is 1.17 bits per heavy atom. The van der Waals surface area contributed by atoms with Gasteiger partial charge in [-0.2, -0.15) is 9.61 Å². The summed E-state index contributed by atoms with van der Waals surface area (Å²) in [6, 6.07) is 2.19. The van der Waals surface area contributed by atoms with Crippen molar-refractivity contribution in [3.63, 3.8) is 0 Å². The van der Waals surface area contributed by atoms with Crippen LogP contribution in [0.3, 0.4) is 0 Å². The molecule has 0 N–H and O–H groups in total. The van der Waals surface area contributed by atoms with Crippen LogP contribution in [0.25, 0.3) is 5.65 Å². The maximum atomic E-state index is 4.61. The molecular weight excluding hydrogens is 302 g/mol. The van der Waals surface area contributed by atoms with Gasteiger partial charge in [0.25, 0.3) is 0 Å². The van der Waals surface area contributed by atoms with E-state index >= 15 is 0 Å². The van der Waals surface area contributed by atoms with Gasteiger partial charge in [0.15, 0.2) is 0 Å². The predicted molar refractivity (Wildman–Crippen MR) is 96.7 cm³/mol. The molecule has 0 aliphatic carbocycles. The number of anilines is 1. The first-order chi connectivity index (χ1) is 11.5. The lowest BCUT2D eigenvalue weighted by Gasteiger charge is -2.36. The summed E-state index contributed by atoms with van der Waals surface area (Å²) < 4.78 is 1.81. The van der Waals surface area contributed by atoms with Crippen molar-refractivity contribution in [3.8, 4) is 0 Å². The van der Waals surface area contributed by atoms with E-state index in [2.05, 4.69) is 64.0 Å². The Balaban J connectivity index is 1.68. The average molecular weight is 331 g/mol. The summed E-state index contributed by atoms with van der Waals surface area (Å²) in [5.41, 5.74) is 3.12. The molecule has 0 unspecified atom stereocenters. The average Bonchev–Trinajstić information content (AvgIpc) is 3.02. The summed E-state index contributed by atoms with van der Waals surface area (Å²) in [5, 5.41) is 12.9. The summed E-state index contributed by atoms with van der Waals surface area (Å²) >= 11 is 0. The van der Waals surface area contributed by atoms with Gasteiger partial charge in [-0.25, -0.2) is 0 Å². The van der Waals surface area contributed by atoms with Gasteiger partial charge >= 0.3 is 0 Å². The molecule has 3 rings (SSSR count). The second kappa shape index (κ2) is 7.44. The van der Waals surface area contributed by atoms with Gasteiger partial charge in [0.05, 0.1) is 11.4 Å². The molecule has 0 amide bonds. The van der Waals surface area contributed by atoms with Crippen molar-refractivity contribution < 1.29 is 0 Å². The van der Waals surface area contributed by atoms with Crippen molar-refractivity contribution in [2.75, 3.05) is 58.3 Å². The van der Waals surface area contributed by atoms with Crippen LogP contribution in [0.2, 0.25) is 0 Å². The summed E-state index contributed by atoms with van der Waals surface area (Å²) in [6.45, 7) is 11.0. The number of hydrogen-bond donors (Lipinski definition) is 0. The lowest BCUT2D eigenvalue weighted by Crippen LogP contribution is -2.47. The summed E-state index contributed by atoms with van der Waals surface area (Å²) in [6.07, 6.45) is 2.93. The maximum absolute atomic E-state index is 4.61. The standard InChI is InChI=1S/C17H29N7/c1-14(2)15-12-16(17-19-18-13-24(17)20-15)23-10-8-22(9-11-23)7-5-6-21(3)4/h12-14H,5-11H2,1-4H3. The molecule has 24 heavy (non-hydrogen) atoms. The molecule has 1 aliphatic rings. The van der Waals surface area contributed by atoms with Gasteiger partial charge in [0.1, 0.15) is 6.33 Å². The molecule has 7 heteroatoms. The highest BCUT2D eigenvalue weighted by molar-refractivity contribution is 5.68. The molecule has 0 atom stereocenters. The molecule has 3 heterocycles. The Labute approximate surface area is 144 Å². The van der Waals surface area contributed by atoms with Gasteiger partial charge in [-0.15, -0.1) is 10.2 Å². The smallest absolute Gasteiger partial charge is 0.200 e. The highest BCUT2D eigenvalue weighted by Crippen LogP contribution is 2.24. The first-order valence-corrected chi connectivity index (χ1v) is 8.87. The van der Waals surface area contributed by atoms with Gasteiger partial charge in [-0.05, 0) is 45.6 Å². The van der Waals surface area contributed by atoms with E-state index in [1.807, 2.05) is 4.52 Å². The van der Waals surface area contributed by atoms with Crippen LogP contribution in [0.1, 0.15) is 31.9 Å². The zero-order valence-corrected chi connectivity index (χ0v) is 15.3. The van der Waals surface area contributed by atoms with E-state index in [0.29, 0.717) is 5.92 Å². The Kier molecular flexibility index (Phi) is 5.30. The molecule has 1 fully saturated rings. The van der Waals surface area contributed by atoms with Crippen LogP contribution in [0.5, 0.6) is 0 Å². The van der Waals surface area contributed by atoms with Crippen LogP contribution in [-0.4, -0.2) is 83.0 Å². The van der Waals surface area contributed by atoms with E-state index in [1.165, 1.54) is 18.7 Å². The second-order valence-electron chi connectivity index (χ2n) is 7.19. The SMILES string of the molecule is CC(C)c1cc(N2CCN(CCCN(C)C)CC2)c2nncn2n1. The third-order valence-electron chi connectivity index (χ3n) is 4.65. The van der Waals surface area contributed by atoms with Crippen molar-refractivity contribution in [3.05, 3.63) is 18.1 Å². The predicted octanol–water partition coefficient (Wildman–Crippen LogP) is 1.32. The number of nitrogens with zero attached hydrogens (tertiary/aromatic N) is 7. The molecule has 0 aromatic carbocycles. The van der Waals surface area contributed by atoms with Crippen molar-refractivity contribution in [2.24, 2.45) is 0 Å². The number of aromatic nitrogens is 4. The fourth-order valence-corrected chi connectivity index (χ4v) is 3.17. The van der Waals surface area contributed by atoms with Gasteiger partial charge in [-0.1, -0.05) is 13.8 Å². The van der Waals surface area contributed by atoms with Crippen molar-refractivity contribution in [2.45, 2.75) is 26.2 Å². The minimum Gasteiger partial charge on any atom is -0.366 e. The number of fused-ring (bicyclic) bond motifs is 1. The van der Waals surface area contributed by atoms with Gasteiger partial charge in [0, 0.05) is 26.2 Å². The first kappa shape index (κ1) is 17.1. The van der Waals surface area contributed by atoms with Gasteiger partial charge in [-0.3, -0.25) is 4.90 Å². The molecule has 0 spiro atoms. The molecule has 2 aromatic rings. The van der Waals surface area contributed by atoms with Crippen molar-refractivity contribution >= 4 is 11.3 Å². The van der Waals surface area contributed by atoms with Crippen LogP contribution in [-0.2, 0) is 0 Å². The minimum absolute atomic E-state index is 0.392. The van der Waals surface area contributed by atoms with E-state index in [-0.39, 0.29) is 0 Å². The number of piperazine rings is 1. The number of rotatable bonds is 6. The quantitative estimate of drug-likeness (QED) is 0.796. The van der Waals surface area contributed by atoms with E-state index in [9.17, 15) is 0 Å². The number of hydrogen-bond acceptors (Lipinski definition) is 6. The topological polar surface area (TPSA) is 52.8 Å². The largest absolute Gasteiger partial charge is 0.366 e. The lowest BCUT2D eigenvalue weighted by atomic mass is 10.1. The molecular formula is C17H29N7. The Morgan fingerprint density at radius 2 is 1.92 bits per heavy atom. The monoisotopic (exact) mass is 331 g/mol. The minimum atomic E-state index is 0.392. The van der Waals surface area contributed by atoms with E-state index in [1.54, 1.807) is 6.33 Å². The highest BCUT2D eigenvalue weighted by atomic mass is 15.4. The van der Waals surface area contributed by atoms with Crippen molar-refractivity contribution in [1.29, 1.82) is 0 Å². The summed E-state index contributed by atoms with van der Waals surface area (Å²) in [4.78, 5) is 7.24. The van der Waals surface area contributed by atoms with Gasteiger partial charge in [0.2, 0.25) is 5.65 Å². The van der Waals surface area contributed by atoms with Crippen LogP contribution in [0, 0.1) is 0 Å². The van der Waals surface area contributed by atoms with Crippen molar-refractivity contribution in [1.82, 2.24) is 29.6 Å². The molecule has 2 aromatic heterocycles. The molecule has 1 saturated heterocycles. The third-order valence-corrected chi connectivity index (χ3v) is 4.65. The zero-order chi connectivity index (χ0) is 17.1. The van der Waals surface area contributed by atoms with Crippen LogP contribution < -0.4 is 4.90 Å². The van der Waals surface area contributed by atoms with Crippen LogP contribution >= 0.6 is 0 Å². The fraction of sp³-hybridized carbons (Fsp3) is 0.706. The normalized spacial score (nSPS) is 16.7. The Bertz CT molecular complexity index is 656.